The summed E-state index contributed by atoms with van der Waals surface area (Å²) in [7, 11) is 1.62. The molecular formula is C15H17NO3. The van der Waals surface area contributed by atoms with Crippen LogP contribution in [0.2, 0.25) is 0 Å². The number of carbonyl (C=O) groups is 1. The fourth-order valence-electron chi connectivity index (χ4n) is 2.36. The lowest BCUT2D eigenvalue weighted by Gasteiger charge is -2.17. The van der Waals surface area contributed by atoms with E-state index in [0.717, 1.165) is 22.1 Å². The van der Waals surface area contributed by atoms with Gasteiger partial charge in [0.25, 0.3) is 0 Å². The summed E-state index contributed by atoms with van der Waals surface area (Å²) in [5.74, 6) is -0.242. The molecule has 3 N–H and O–H groups in total. The van der Waals surface area contributed by atoms with Crippen molar-refractivity contribution in [3.8, 4) is 5.75 Å². The maximum atomic E-state index is 10.9. The number of ether oxygens (including phenoxy) is 1. The predicted octanol–water partition coefficient (Wildman–Crippen LogP) is 2.37. The van der Waals surface area contributed by atoms with E-state index in [0.29, 0.717) is 6.54 Å². The smallest absolute Gasteiger partial charge is 0.304 e. The lowest BCUT2D eigenvalue weighted by Crippen LogP contribution is -2.16. The van der Waals surface area contributed by atoms with E-state index < -0.39 is 5.97 Å². The molecule has 0 aromatic heterocycles. The molecule has 0 amide bonds. The van der Waals surface area contributed by atoms with Crippen molar-refractivity contribution in [3.63, 3.8) is 0 Å². The quantitative estimate of drug-likeness (QED) is 0.864. The van der Waals surface area contributed by atoms with E-state index in [1.807, 2.05) is 36.4 Å². The topological polar surface area (TPSA) is 72.5 Å². The van der Waals surface area contributed by atoms with Crippen molar-refractivity contribution in [2.45, 2.75) is 12.3 Å². The average Bonchev–Trinajstić information content (AvgIpc) is 2.43. The molecule has 0 saturated heterocycles. The number of hydrogen-bond donors (Lipinski definition) is 2. The van der Waals surface area contributed by atoms with E-state index in [1.54, 1.807) is 7.11 Å². The summed E-state index contributed by atoms with van der Waals surface area (Å²) in [4.78, 5) is 10.9. The highest BCUT2D eigenvalue weighted by Gasteiger charge is 2.17. The maximum Gasteiger partial charge on any atom is 0.304 e. The third-order valence-corrected chi connectivity index (χ3v) is 3.28. The van der Waals surface area contributed by atoms with Gasteiger partial charge in [-0.05, 0) is 23.6 Å². The zero-order valence-corrected chi connectivity index (χ0v) is 10.8. The molecule has 2 rings (SSSR count). The van der Waals surface area contributed by atoms with Gasteiger partial charge in [-0.1, -0.05) is 30.3 Å². The third-order valence-electron chi connectivity index (χ3n) is 3.28. The first-order valence-corrected chi connectivity index (χ1v) is 6.15. The van der Waals surface area contributed by atoms with Gasteiger partial charge in [-0.15, -0.1) is 0 Å². The van der Waals surface area contributed by atoms with Gasteiger partial charge in [0.1, 0.15) is 5.75 Å². The number of aliphatic carboxylic acids is 1. The van der Waals surface area contributed by atoms with Crippen LogP contribution >= 0.6 is 0 Å². The summed E-state index contributed by atoms with van der Waals surface area (Å²) in [5.41, 5.74) is 6.68. The molecule has 19 heavy (non-hydrogen) atoms. The van der Waals surface area contributed by atoms with Crippen molar-refractivity contribution in [3.05, 3.63) is 42.0 Å². The summed E-state index contributed by atoms with van der Waals surface area (Å²) in [6, 6.07) is 11.6. The second kappa shape index (κ2) is 5.71. The van der Waals surface area contributed by atoms with Crippen LogP contribution in [-0.2, 0) is 4.79 Å². The molecule has 0 aliphatic rings. The molecule has 2 aromatic rings. The molecule has 100 valence electrons. The standard InChI is InChI=1S/C15H17NO3/c1-19-14-7-6-11(10(9-16)8-15(17)18)12-4-2-3-5-13(12)14/h2-7,10H,8-9,16H2,1H3,(H,17,18). The molecular weight excluding hydrogens is 242 g/mol. The van der Waals surface area contributed by atoms with Crippen molar-refractivity contribution in [1.29, 1.82) is 0 Å². The van der Waals surface area contributed by atoms with Gasteiger partial charge >= 0.3 is 5.97 Å². The van der Waals surface area contributed by atoms with Crippen LogP contribution in [-0.4, -0.2) is 24.7 Å². The number of hydrogen-bond acceptors (Lipinski definition) is 3. The zero-order valence-electron chi connectivity index (χ0n) is 10.8. The minimum atomic E-state index is -0.838. The van der Waals surface area contributed by atoms with Gasteiger partial charge in [0.05, 0.1) is 13.5 Å². The van der Waals surface area contributed by atoms with Crippen LogP contribution in [0.4, 0.5) is 0 Å². The van der Waals surface area contributed by atoms with Crippen LogP contribution < -0.4 is 10.5 Å². The van der Waals surface area contributed by atoms with Crippen molar-refractivity contribution >= 4 is 16.7 Å². The van der Waals surface area contributed by atoms with Gasteiger partial charge in [0.15, 0.2) is 0 Å². The molecule has 0 saturated carbocycles. The molecule has 4 nitrogen and oxygen atoms in total. The molecule has 0 aliphatic carbocycles. The summed E-state index contributed by atoms with van der Waals surface area (Å²) >= 11 is 0. The summed E-state index contributed by atoms with van der Waals surface area (Å²) in [6.45, 7) is 0.308. The van der Waals surface area contributed by atoms with Gasteiger partial charge in [-0.2, -0.15) is 0 Å². The molecule has 0 fully saturated rings. The summed E-state index contributed by atoms with van der Waals surface area (Å²) in [5, 5.41) is 10.9. The zero-order chi connectivity index (χ0) is 13.8. The lowest BCUT2D eigenvalue weighted by atomic mass is 9.91. The number of rotatable bonds is 5. The van der Waals surface area contributed by atoms with Crippen molar-refractivity contribution in [2.75, 3.05) is 13.7 Å². The molecule has 4 heteroatoms. The van der Waals surface area contributed by atoms with Gasteiger partial charge in [0, 0.05) is 11.3 Å². The van der Waals surface area contributed by atoms with Crippen LogP contribution in [0.15, 0.2) is 36.4 Å². The maximum absolute atomic E-state index is 10.9. The fourth-order valence-corrected chi connectivity index (χ4v) is 2.36. The Hall–Kier alpha value is -2.07. The van der Waals surface area contributed by atoms with E-state index in [1.165, 1.54) is 0 Å². The molecule has 2 aromatic carbocycles. The highest BCUT2D eigenvalue weighted by atomic mass is 16.5. The Balaban J connectivity index is 2.57. The van der Waals surface area contributed by atoms with Crippen LogP contribution in [0.5, 0.6) is 5.75 Å². The first-order valence-electron chi connectivity index (χ1n) is 6.15. The minimum Gasteiger partial charge on any atom is -0.496 e. The monoisotopic (exact) mass is 259 g/mol. The average molecular weight is 259 g/mol. The van der Waals surface area contributed by atoms with Gasteiger partial charge < -0.3 is 15.6 Å². The number of carboxylic acid groups (broad SMARTS) is 1. The number of carboxylic acids is 1. The Morgan fingerprint density at radius 3 is 2.53 bits per heavy atom. The van der Waals surface area contributed by atoms with Crippen LogP contribution in [0, 0.1) is 0 Å². The van der Waals surface area contributed by atoms with Gasteiger partial charge in [-0.25, -0.2) is 0 Å². The molecule has 0 heterocycles. The van der Waals surface area contributed by atoms with Gasteiger partial charge in [0.2, 0.25) is 0 Å². The SMILES string of the molecule is COc1ccc(C(CN)CC(=O)O)c2ccccc12. The number of nitrogens with two attached hydrogens (primary N) is 1. The second-order valence-corrected chi connectivity index (χ2v) is 4.43. The van der Waals surface area contributed by atoms with E-state index in [4.69, 9.17) is 15.6 Å². The van der Waals surface area contributed by atoms with E-state index in [-0.39, 0.29) is 12.3 Å². The Morgan fingerprint density at radius 2 is 1.95 bits per heavy atom. The highest BCUT2D eigenvalue weighted by molar-refractivity contribution is 5.91. The number of fused-ring (bicyclic) bond motifs is 1. The molecule has 0 spiro atoms. The van der Waals surface area contributed by atoms with Crippen LogP contribution in [0.3, 0.4) is 0 Å². The van der Waals surface area contributed by atoms with E-state index >= 15 is 0 Å². The number of benzene rings is 2. The summed E-state index contributed by atoms with van der Waals surface area (Å²) < 4.78 is 5.33. The predicted molar refractivity (Wildman–Crippen MR) is 74.5 cm³/mol. The highest BCUT2D eigenvalue weighted by Crippen LogP contribution is 2.33. The molecule has 0 radical (unpaired) electrons. The molecule has 0 aliphatic heterocycles. The Labute approximate surface area is 111 Å². The van der Waals surface area contributed by atoms with Crippen LogP contribution in [0.25, 0.3) is 10.8 Å². The molecule has 0 bridgehead atoms. The Kier molecular flexibility index (Phi) is 4.02. The molecule has 1 unspecified atom stereocenters. The molecule has 1 atom stereocenters. The third kappa shape index (κ3) is 2.69. The van der Waals surface area contributed by atoms with Crippen molar-refractivity contribution in [1.82, 2.24) is 0 Å². The normalized spacial score (nSPS) is 12.3. The van der Waals surface area contributed by atoms with E-state index in [9.17, 15) is 4.79 Å². The lowest BCUT2D eigenvalue weighted by molar-refractivity contribution is -0.137. The Bertz CT molecular complexity index is 595. The van der Waals surface area contributed by atoms with Crippen molar-refractivity contribution < 1.29 is 14.6 Å². The fraction of sp³-hybridized carbons (Fsp3) is 0.267. The van der Waals surface area contributed by atoms with Gasteiger partial charge in [-0.3, -0.25) is 4.79 Å². The largest absolute Gasteiger partial charge is 0.496 e. The van der Waals surface area contributed by atoms with Crippen molar-refractivity contribution in [2.24, 2.45) is 5.73 Å². The Morgan fingerprint density at radius 1 is 1.26 bits per heavy atom. The first-order chi connectivity index (χ1) is 9.17. The van der Waals surface area contributed by atoms with E-state index in [2.05, 4.69) is 0 Å². The first kappa shape index (κ1) is 13.4. The van der Waals surface area contributed by atoms with Crippen LogP contribution in [0.1, 0.15) is 17.9 Å². The summed E-state index contributed by atoms with van der Waals surface area (Å²) in [6.07, 6.45) is 0.0345. The number of methoxy groups -OCH3 is 1. The second-order valence-electron chi connectivity index (χ2n) is 4.43. The minimum absolute atomic E-state index is 0.0345.